The molecular weight excluding hydrogens is 378 g/mol. The van der Waals surface area contributed by atoms with Gasteiger partial charge in [-0.3, -0.25) is 4.79 Å². The van der Waals surface area contributed by atoms with E-state index in [0.717, 1.165) is 48.3 Å². The molecule has 1 aliphatic rings. The molecule has 0 unspecified atom stereocenters. The quantitative estimate of drug-likeness (QED) is 0.458. The number of esters is 1. The topological polar surface area (TPSA) is 84.1 Å². The molecule has 2 aromatic rings. The third kappa shape index (κ3) is 4.62. The van der Waals surface area contributed by atoms with E-state index >= 15 is 0 Å². The first-order chi connectivity index (χ1) is 14.4. The number of benzene rings is 1. The van der Waals surface area contributed by atoms with Gasteiger partial charge in [-0.1, -0.05) is 19.3 Å². The highest BCUT2D eigenvalue weighted by atomic mass is 16.5. The maximum atomic E-state index is 12.6. The molecule has 0 radical (unpaired) electrons. The van der Waals surface area contributed by atoms with Crippen LogP contribution in [-0.2, 0) is 9.53 Å². The van der Waals surface area contributed by atoms with E-state index in [4.69, 9.17) is 4.74 Å². The van der Waals surface area contributed by atoms with Crippen LogP contribution in [-0.4, -0.2) is 29.6 Å². The van der Waals surface area contributed by atoms with E-state index in [0.29, 0.717) is 5.56 Å². The molecule has 1 aromatic heterocycles. The number of ether oxygens (including phenoxy) is 1. The SMILES string of the molecule is COC(=O)c1ccc(-n2c(C)cc(/C=C(/C#N)C(=O)NC3CCCCC3)c2C)cc1. The van der Waals surface area contributed by atoms with E-state index in [9.17, 15) is 14.9 Å². The van der Waals surface area contributed by atoms with Gasteiger partial charge in [0.15, 0.2) is 0 Å². The molecule has 1 heterocycles. The lowest BCUT2D eigenvalue weighted by Crippen LogP contribution is -2.36. The third-order valence-corrected chi connectivity index (χ3v) is 5.62. The van der Waals surface area contributed by atoms with E-state index in [1.165, 1.54) is 13.5 Å². The fourth-order valence-corrected chi connectivity index (χ4v) is 4.01. The van der Waals surface area contributed by atoms with Gasteiger partial charge >= 0.3 is 5.97 Å². The molecule has 6 nitrogen and oxygen atoms in total. The van der Waals surface area contributed by atoms with Crippen LogP contribution in [0.25, 0.3) is 11.8 Å². The molecule has 1 aromatic carbocycles. The normalized spacial score (nSPS) is 14.8. The first kappa shape index (κ1) is 21.4. The van der Waals surface area contributed by atoms with Crippen LogP contribution >= 0.6 is 0 Å². The van der Waals surface area contributed by atoms with Crippen molar-refractivity contribution in [2.45, 2.75) is 52.0 Å². The second kappa shape index (κ2) is 9.45. The third-order valence-electron chi connectivity index (χ3n) is 5.62. The predicted octanol–water partition coefficient (Wildman–Crippen LogP) is 4.24. The van der Waals surface area contributed by atoms with E-state index in [2.05, 4.69) is 11.4 Å². The molecule has 0 saturated heterocycles. The molecule has 1 saturated carbocycles. The standard InChI is InChI=1S/C24H27N3O3/c1-16-13-19(14-20(15-25)23(28)26-21-7-5-4-6-8-21)17(2)27(16)22-11-9-18(10-12-22)24(29)30-3/h9-14,21H,4-8H2,1-3H3,(H,26,28)/b20-14-. The van der Waals surface area contributed by atoms with Crippen LogP contribution in [0.15, 0.2) is 35.9 Å². The zero-order valence-corrected chi connectivity index (χ0v) is 17.7. The van der Waals surface area contributed by atoms with E-state index in [1.54, 1.807) is 18.2 Å². The fraction of sp³-hybridized carbons (Fsp3) is 0.375. The van der Waals surface area contributed by atoms with Gasteiger partial charge in [-0.15, -0.1) is 0 Å². The van der Waals surface area contributed by atoms with Crippen molar-refractivity contribution in [3.8, 4) is 11.8 Å². The molecule has 0 bridgehead atoms. The van der Waals surface area contributed by atoms with Crippen LogP contribution in [0.3, 0.4) is 0 Å². The van der Waals surface area contributed by atoms with Gasteiger partial charge < -0.3 is 14.6 Å². The summed E-state index contributed by atoms with van der Waals surface area (Å²) in [7, 11) is 1.35. The number of aryl methyl sites for hydroxylation is 1. The van der Waals surface area contributed by atoms with Crippen molar-refractivity contribution >= 4 is 18.0 Å². The molecule has 1 N–H and O–H groups in total. The Labute approximate surface area is 177 Å². The lowest BCUT2D eigenvalue weighted by atomic mass is 9.95. The van der Waals surface area contributed by atoms with Crippen molar-refractivity contribution in [2.75, 3.05) is 7.11 Å². The second-order valence-electron chi connectivity index (χ2n) is 7.68. The number of methoxy groups -OCH3 is 1. The smallest absolute Gasteiger partial charge is 0.337 e. The molecule has 1 aliphatic carbocycles. The number of carbonyl (C=O) groups is 2. The van der Waals surface area contributed by atoms with Crippen molar-refractivity contribution < 1.29 is 14.3 Å². The van der Waals surface area contributed by atoms with Crippen LogP contribution in [0.5, 0.6) is 0 Å². The van der Waals surface area contributed by atoms with Crippen molar-refractivity contribution in [1.29, 1.82) is 5.26 Å². The summed E-state index contributed by atoms with van der Waals surface area (Å²) in [6.45, 7) is 3.91. The van der Waals surface area contributed by atoms with Crippen molar-refractivity contribution in [3.05, 3.63) is 58.4 Å². The number of aromatic nitrogens is 1. The van der Waals surface area contributed by atoms with Gasteiger partial charge in [-0.25, -0.2) is 4.79 Å². The number of nitriles is 1. The molecule has 0 atom stereocenters. The Balaban J connectivity index is 1.85. The van der Waals surface area contributed by atoms with Gasteiger partial charge in [0.25, 0.3) is 5.91 Å². The Hall–Kier alpha value is -3.33. The average Bonchev–Trinajstić information content (AvgIpc) is 3.04. The van der Waals surface area contributed by atoms with E-state index in [1.807, 2.05) is 36.6 Å². The molecule has 1 amide bonds. The average molecular weight is 405 g/mol. The molecule has 3 rings (SSSR count). The Bertz CT molecular complexity index is 1000. The summed E-state index contributed by atoms with van der Waals surface area (Å²) in [6.07, 6.45) is 7.04. The fourth-order valence-electron chi connectivity index (χ4n) is 4.01. The van der Waals surface area contributed by atoms with Crippen LogP contribution in [0, 0.1) is 25.2 Å². The van der Waals surface area contributed by atoms with E-state index < -0.39 is 0 Å². The summed E-state index contributed by atoms with van der Waals surface area (Å²) in [5, 5.41) is 12.6. The number of hydrogen-bond donors (Lipinski definition) is 1. The Kier molecular flexibility index (Phi) is 6.73. The number of hydrogen-bond acceptors (Lipinski definition) is 4. The first-order valence-corrected chi connectivity index (χ1v) is 10.2. The minimum Gasteiger partial charge on any atom is -0.465 e. The van der Waals surface area contributed by atoms with Crippen LogP contribution in [0.4, 0.5) is 0 Å². The molecule has 6 heteroatoms. The maximum absolute atomic E-state index is 12.6. The monoisotopic (exact) mass is 405 g/mol. The Morgan fingerprint density at radius 3 is 2.43 bits per heavy atom. The van der Waals surface area contributed by atoms with Crippen molar-refractivity contribution in [3.63, 3.8) is 0 Å². The lowest BCUT2D eigenvalue weighted by molar-refractivity contribution is -0.117. The number of carbonyl (C=O) groups excluding carboxylic acids is 2. The molecule has 0 spiro atoms. The zero-order valence-electron chi connectivity index (χ0n) is 17.7. The van der Waals surface area contributed by atoms with Gasteiger partial charge in [-0.2, -0.15) is 5.26 Å². The molecule has 0 aliphatic heterocycles. The van der Waals surface area contributed by atoms with Gasteiger partial charge in [0.2, 0.25) is 0 Å². The highest BCUT2D eigenvalue weighted by molar-refractivity contribution is 6.02. The number of amides is 1. The summed E-state index contributed by atoms with van der Waals surface area (Å²) in [5.74, 6) is -0.689. The first-order valence-electron chi connectivity index (χ1n) is 10.2. The number of nitrogens with zero attached hydrogens (tertiary/aromatic N) is 2. The second-order valence-corrected chi connectivity index (χ2v) is 7.68. The number of nitrogens with one attached hydrogen (secondary N) is 1. The predicted molar refractivity (Wildman–Crippen MR) is 115 cm³/mol. The van der Waals surface area contributed by atoms with Crippen LogP contribution in [0.1, 0.15) is 59.4 Å². The summed E-state index contributed by atoms with van der Waals surface area (Å²) >= 11 is 0. The lowest BCUT2D eigenvalue weighted by Gasteiger charge is -2.22. The minimum absolute atomic E-state index is 0.113. The highest BCUT2D eigenvalue weighted by Gasteiger charge is 2.19. The summed E-state index contributed by atoms with van der Waals surface area (Å²) in [5.41, 5.74) is 4.19. The van der Waals surface area contributed by atoms with E-state index in [-0.39, 0.29) is 23.5 Å². The zero-order chi connectivity index (χ0) is 21.7. The Morgan fingerprint density at radius 1 is 1.17 bits per heavy atom. The molecular formula is C24H27N3O3. The van der Waals surface area contributed by atoms with Gasteiger partial charge in [0.05, 0.1) is 12.7 Å². The summed E-state index contributed by atoms with van der Waals surface area (Å²) < 4.78 is 6.77. The molecule has 30 heavy (non-hydrogen) atoms. The summed E-state index contributed by atoms with van der Waals surface area (Å²) in [4.78, 5) is 24.3. The maximum Gasteiger partial charge on any atom is 0.337 e. The minimum atomic E-state index is -0.381. The number of rotatable bonds is 5. The van der Waals surface area contributed by atoms with Crippen molar-refractivity contribution in [2.24, 2.45) is 0 Å². The van der Waals surface area contributed by atoms with Gasteiger partial charge in [-0.05, 0) is 68.7 Å². The molecule has 1 fully saturated rings. The van der Waals surface area contributed by atoms with Crippen LogP contribution in [0.2, 0.25) is 0 Å². The molecule has 156 valence electrons. The Morgan fingerprint density at radius 2 is 1.83 bits per heavy atom. The highest BCUT2D eigenvalue weighted by Crippen LogP contribution is 2.24. The largest absolute Gasteiger partial charge is 0.465 e. The van der Waals surface area contributed by atoms with Crippen molar-refractivity contribution in [1.82, 2.24) is 9.88 Å². The summed E-state index contributed by atoms with van der Waals surface area (Å²) in [6, 6.07) is 11.3. The van der Waals surface area contributed by atoms with Gasteiger partial charge in [0.1, 0.15) is 11.6 Å². The van der Waals surface area contributed by atoms with Crippen LogP contribution < -0.4 is 5.32 Å². The van der Waals surface area contributed by atoms with Gasteiger partial charge in [0, 0.05) is 23.1 Å².